The number of halogens is 8. The zero-order chi connectivity index (χ0) is 87.3. The van der Waals surface area contributed by atoms with Crippen molar-refractivity contribution in [1.29, 1.82) is 10.5 Å². The normalized spacial score (nSPS) is 14.6. The standard InChI is InChI=1S/C24H32FN5O3.C16H30N4O.C10H10FNO3S.2C9H6FNO2.C6H5FO.C4H5NO2S.Al.3ClH/c1-5-10-30-11-8-24(15-26,9-12-30)29-21(31)18(14-23(2,3)4)27-20-17-7-6-16(25)13-19(17)33-22(32)28-20;1-5-8-20-9-6-16(12-17,7-10-20)19-14(21)13(18)11-15(2,3)4;1-2-15-10(14)12-9(16)7-4-3-6(13)5-8(7)11;2*1-5-7-3-2-6(10)4-8(7)13-9(12)11-5;7-5-2-1-3-6(8)4-5;1-2-7-4(6)5-3-8;;;;/h6-7,13,18H,5,8-12,14H2,1-4H3,(H,29,31)(H,27,28,32);13H,5-11,18H2,1-4H3,(H,19,21);3-5,13H,2H2,1H3,(H,12,14,16);2*2-4H,1H2,(H,11,12);1-4,8H;2H2,1H3;;3*1H/q;;;;;;;+3;;;/p-3/t18-;;;;;;;;;;/m0........../s1. The summed E-state index contributed by atoms with van der Waals surface area (Å²) < 4.78 is 87.8. The first-order chi connectivity index (χ1) is 54.4. The zero-order valence-corrected chi connectivity index (χ0v) is 70.6. The van der Waals surface area contributed by atoms with Crippen molar-refractivity contribution < 1.29 is 84.3 Å². The SMILES string of the molecule is C=C1NC(=O)Oc2cc(F)ccc21.C=C1NC(=O)Oc2cc(F)ccc21.CCCN1CCC(C#N)(NC(=O)C(N)CC(C)(C)C)CC1.CCCN1CCC(C#N)(NC(=O)[C@H](CC(C)(C)C)Nc2nc(=O)oc3cc(F)ccc23)CC1.CCOC(=O)N=C=S.CCOC(=O)NC(=S)c1ccc(O)cc1F.Oc1cccc(F)c1.[Cl][Al]([Cl])[Cl]. The summed E-state index contributed by atoms with van der Waals surface area (Å²) >= 11 is 7.21. The van der Waals surface area contributed by atoms with E-state index in [9.17, 15) is 66.0 Å². The lowest BCUT2D eigenvalue weighted by atomic mass is 9.85. The first-order valence-electron chi connectivity index (χ1n) is 36.0. The summed E-state index contributed by atoms with van der Waals surface area (Å²) in [5, 5.41) is 55.2. The molecule has 0 radical (unpaired) electrons. The fourth-order valence-electron chi connectivity index (χ4n) is 11.0. The van der Waals surface area contributed by atoms with E-state index >= 15 is 0 Å². The maximum absolute atomic E-state index is 13.6. The number of aromatic nitrogens is 1. The van der Waals surface area contributed by atoms with E-state index in [1.54, 1.807) is 13.8 Å². The Kier molecular flexibility index (Phi) is 42.6. The molecule has 6 amide bonds. The van der Waals surface area contributed by atoms with Crippen LogP contribution in [0.1, 0.15) is 137 Å². The molecule has 4 aliphatic heterocycles. The van der Waals surface area contributed by atoms with Gasteiger partial charge in [-0.15, -0.1) is 4.99 Å². The van der Waals surface area contributed by atoms with Crippen molar-refractivity contribution in [3.05, 3.63) is 167 Å². The van der Waals surface area contributed by atoms with Crippen LogP contribution in [0.5, 0.6) is 23.0 Å². The highest BCUT2D eigenvalue weighted by Gasteiger charge is 2.40. The lowest BCUT2D eigenvalue weighted by molar-refractivity contribution is -0.125. The molecule has 4 aliphatic rings. The first kappa shape index (κ1) is 100. The molecule has 626 valence electrons. The molecule has 2 atom stereocenters. The van der Waals surface area contributed by atoms with E-state index in [1.165, 1.54) is 66.7 Å². The van der Waals surface area contributed by atoms with Gasteiger partial charge in [0.2, 0.25) is 11.8 Å². The van der Waals surface area contributed by atoms with Crippen molar-refractivity contribution in [2.45, 2.75) is 144 Å². The molecule has 27 nitrogen and oxygen atoms in total. The maximum Gasteiger partial charge on any atom is 0.643 e. The number of nitrogens with zero attached hydrogens (tertiary/aromatic N) is 6. The molecule has 6 aromatic rings. The number of anilines is 1. The highest BCUT2D eigenvalue weighted by molar-refractivity contribution is 7.80. The van der Waals surface area contributed by atoms with Gasteiger partial charge in [0.15, 0.2) is 0 Å². The van der Waals surface area contributed by atoms with Crippen molar-refractivity contribution in [3.63, 3.8) is 0 Å². The average Bonchev–Trinajstić information content (AvgIpc) is 0.803. The largest absolute Gasteiger partial charge is 0.643 e. The molecule has 2 saturated heterocycles. The number of nitrogens with two attached hydrogens (primary N) is 1. The number of aliphatic imine (C=N–C) groups is 1. The molecule has 116 heavy (non-hydrogen) atoms. The predicted molar refractivity (Wildman–Crippen MR) is 441 cm³/mol. The number of rotatable bonds is 15. The number of phenolic OH excluding ortho intramolecular Hbond substituents is 2. The third kappa shape index (κ3) is 37.0. The Morgan fingerprint density at radius 2 is 1.15 bits per heavy atom. The summed E-state index contributed by atoms with van der Waals surface area (Å²) in [6.45, 7) is 32.7. The van der Waals surface area contributed by atoms with Gasteiger partial charge in [-0.25, -0.2) is 76.1 Å². The Morgan fingerprint density at radius 3 is 1.57 bits per heavy atom. The van der Waals surface area contributed by atoms with Crippen LogP contribution < -0.4 is 52.9 Å². The summed E-state index contributed by atoms with van der Waals surface area (Å²) in [6, 6.07) is 23.7. The minimum Gasteiger partial charge on any atom is -0.508 e. The number of aromatic hydroxyl groups is 2. The fourth-order valence-corrected chi connectivity index (χ4v) is 11.3. The Labute approximate surface area is 697 Å². The number of alkyl carbamates (subject to hydrolysis) is 1. The molecule has 1 unspecified atom stereocenters. The number of isothiocyanates is 1. The van der Waals surface area contributed by atoms with Gasteiger partial charge >= 0.3 is 41.5 Å². The van der Waals surface area contributed by atoms with E-state index in [1.807, 2.05) is 25.9 Å². The Balaban J connectivity index is 0.000000366. The maximum atomic E-state index is 13.6. The van der Waals surface area contributed by atoms with Gasteiger partial charge < -0.3 is 65.1 Å². The van der Waals surface area contributed by atoms with Crippen LogP contribution in [0, 0.1) is 62.6 Å². The number of nitrogens with one attached hydrogen (secondary N) is 6. The predicted octanol–water partition coefficient (Wildman–Crippen LogP) is 15.3. The van der Waals surface area contributed by atoms with Gasteiger partial charge in [0.25, 0.3) is 0 Å². The van der Waals surface area contributed by atoms with Crippen LogP contribution in [0.2, 0.25) is 0 Å². The van der Waals surface area contributed by atoms with Crippen LogP contribution in [0.4, 0.5) is 46.9 Å². The third-order valence-corrected chi connectivity index (χ3v) is 16.6. The topological polar surface area (TPSA) is 388 Å². The molecular formula is C78H94AlCl3F5N13O14S2. The Hall–Kier alpha value is -9.86. The van der Waals surface area contributed by atoms with E-state index in [0.717, 1.165) is 82.4 Å². The van der Waals surface area contributed by atoms with Crippen molar-refractivity contribution >= 4 is 140 Å². The highest BCUT2D eigenvalue weighted by atomic mass is 35.8. The summed E-state index contributed by atoms with van der Waals surface area (Å²) in [7, 11) is 14.8. The minimum atomic E-state index is -1.72. The van der Waals surface area contributed by atoms with Crippen molar-refractivity contribution in [2.24, 2.45) is 21.6 Å². The number of hydrogen-bond donors (Lipinski definition) is 9. The quantitative estimate of drug-likeness (QED) is 0.0199. The van der Waals surface area contributed by atoms with Crippen LogP contribution in [0.15, 0.2) is 124 Å². The molecule has 2 fully saturated rings. The number of benzene rings is 5. The molecule has 10 rings (SSSR count). The number of carbonyl (C=O) groups excluding carboxylic acids is 6. The van der Waals surface area contributed by atoms with Gasteiger partial charge in [-0.3, -0.25) is 25.5 Å². The minimum absolute atomic E-state index is 0.00104. The van der Waals surface area contributed by atoms with E-state index in [2.05, 4.69) is 133 Å². The number of thiocarbonyl (C=S) groups is 2. The number of hydrogen-bond acceptors (Lipinski definition) is 23. The first-order valence-corrected chi connectivity index (χ1v) is 42.1. The number of nitriles is 2. The monoisotopic (exact) mass is 1730 g/mol. The van der Waals surface area contributed by atoms with Gasteiger partial charge in [-0.2, -0.15) is 15.5 Å². The van der Waals surface area contributed by atoms with Crippen LogP contribution >= 0.6 is 54.6 Å². The van der Waals surface area contributed by atoms with E-state index < -0.39 is 93.8 Å². The number of piperidine rings is 2. The molecule has 5 heterocycles. The van der Waals surface area contributed by atoms with Gasteiger partial charge in [-0.05, 0) is 162 Å². The second-order valence-electron chi connectivity index (χ2n) is 28.1. The fraction of sp³-hybridized carbons (Fsp3) is 0.410. The number of phenols is 2. The number of amides is 6. The molecule has 0 bridgehead atoms. The number of ether oxygens (including phenoxy) is 4. The molecule has 0 saturated carbocycles. The lowest BCUT2D eigenvalue weighted by Crippen LogP contribution is -2.58. The van der Waals surface area contributed by atoms with Crippen LogP contribution in [0.25, 0.3) is 22.4 Å². The van der Waals surface area contributed by atoms with Crippen LogP contribution in [0.3, 0.4) is 0 Å². The molecule has 0 spiro atoms. The van der Waals surface area contributed by atoms with E-state index in [0.29, 0.717) is 73.0 Å². The second kappa shape index (κ2) is 49.3. The van der Waals surface area contributed by atoms with E-state index in [4.69, 9.17) is 72.2 Å². The van der Waals surface area contributed by atoms with Crippen molar-refractivity contribution in [1.82, 2.24) is 41.4 Å². The van der Waals surface area contributed by atoms with Gasteiger partial charge in [0, 0.05) is 84.6 Å². The molecule has 10 N–H and O–H groups in total. The number of likely N-dealkylation sites (tertiary alicyclic amines) is 2. The summed E-state index contributed by atoms with van der Waals surface area (Å²) in [4.78, 5) is 91.9. The third-order valence-electron chi connectivity index (χ3n) is 16.2. The molecule has 5 aromatic carbocycles. The number of carbonyl (C=O) groups is 6. The molecule has 1 aromatic heterocycles. The summed E-state index contributed by atoms with van der Waals surface area (Å²) in [5.41, 5.74) is 6.18. The average molecular weight is 1730 g/mol. The Bertz CT molecular complexity index is 4490. The van der Waals surface area contributed by atoms with Crippen LogP contribution in [-0.4, -0.2) is 158 Å². The lowest BCUT2D eigenvalue weighted by Gasteiger charge is -2.39. The van der Waals surface area contributed by atoms with Gasteiger partial charge in [-0.1, -0.05) is 86.8 Å². The molecule has 0 aliphatic carbocycles. The van der Waals surface area contributed by atoms with E-state index in [-0.39, 0.29) is 74.2 Å². The molecular weight excluding hydrogens is 1640 g/mol. The van der Waals surface area contributed by atoms with Gasteiger partial charge in [0.1, 0.15) is 85.6 Å². The zero-order valence-electron chi connectivity index (χ0n) is 65.6. The van der Waals surface area contributed by atoms with Gasteiger partial charge in [0.05, 0.1) is 41.9 Å². The van der Waals surface area contributed by atoms with Crippen LogP contribution in [-0.2, 0) is 19.1 Å². The Morgan fingerprint density at radius 1 is 0.690 bits per heavy atom. The highest BCUT2D eigenvalue weighted by Crippen LogP contribution is 2.32. The number of fused-ring (bicyclic) bond motifs is 3. The second-order valence-corrected chi connectivity index (χ2v) is 35.1. The smallest absolute Gasteiger partial charge is 0.508 e. The van der Waals surface area contributed by atoms with Crippen molar-refractivity contribution in [3.8, 4) is 35.1 Å². The molecule has 38 heteroatoms. The summed E-state index contributed by atoms with van der Waals surface area (Å²) in [5.74, 6) is -3.66. The van der Waals surface area contributed by atoms with Crippen molar-refractivity contribution in [2.75, 3.05) is 57.8 Å². The summed E-state index contributed by atoms with van der Waals surface area (Å²) in [6.07, 6.45) is 2.96.